The molecule has 88 valence electrons. The van der Waals surface area contributed by atoms with Crippen LogP contribution >= 0.6 is 0 Å². The summed E-state index contributed by atoms with van der Waals surface area (Å²) in [4.78, 5) is 13.1. The summed E-state index contributed by atoms with van der Waals surface area (Å²) < 4.78 is 22.6. The number of hydrogen-bond acceptors (Lipinski definition) is 4. The maximum absolute atomic E-state index is 11.5. The number of sulfone groups is 1. The van der Waals surface area contributed by atoms with Crippen LogP contribution in [0.25, 0.3) is 0 Å². The minimum absolute atomic E-state index is 0.0451. The first kappa shape index (κ1) is 12.4. The standard InChI is InChI=1S/C9H18N2O3S/c1-2-4-11(9(12)6-10)8-3-5-15(13,14)7-8/h8H,2-7,10H2,1H3. The normalized spacial score (nSPS) is 24.0. The minimum atomic E-state index is -2.94. The summed E-state index contributed by atoms with van der Waals surface area (Å²) in [5.74, 6) is 0.132. The number of amides is 1. The molecule has 0 aromatic rings. The molecule has 1 heterocycles. The predicted octanol–water partition coefficient (Wildman–Crippen LogP) is -0.629. The Bertz CT molecular complexity index is 326. The average molecular weight is 234 g/mol. The lowest BCUT2D eigenvalue weighted by molar-refractivity contribution is -0.131. The second-order valence-corrected chi connectivity index (χ2v) is 6.08. The second-order valence-electron chi connectivity index (χ2n) is 3.85. The average Bonchev–Trinajstić information content (AvgIpc) is 2.54. The number of nitrogens with zero attached hydrogens (tertiary/aromatic N) is 1. The van der Waals surface area contributed by atoms with Gasteiger partial charge in [0.1, 0.15) is 0 Å². The van der Waals surface area contributed by atoms with Crippen LogP contribution < -0.4 is 5.73 Å². The van der Waals surface area contributed by atoms with Crippen LogP contribution in [0.15, 0.2) is 0 Å². The molecule has 1 aliphatic heterocycles. The molecule has 0 aromatic heterocycles. The maximum atomic E-state index is 11.5. The number of carbonyl (C=O) groups is 1. The van der Waals surface area contributed by atoms with Crippen molar-refractivity contribution in [3.05, 3.63) is 0 Å². The number of hydrogen-bond donors (Lipinski definition) is 1. The van der Waals surface area contributed by atoms with Gasteiger partial charge in [-0.3, -0.25) is 4.79 Å². The minimum Gasteiger partial charge on any atom is -0.338 e. The highest BCUT2D eigenvalue weighted by Crippen LogP contribution is 2.17. The van der Waals surface area contributed by atoms with Crippen molar-refractivity contribution in [3.63, 3.8) is 0 Å². The van der Waals surface area contributed by atoms with E-state index in [1.807, 2.05) is 6.92 Å². The van der Waals surface area contributed by atoms with E-state index >= 15 is 0 Å². The number of carbonyl (C=O) groups excluding carboxylic acids is 1. The first-order valence-electron chi connectivity index (χ1n) is 5.20. The van der Waals surface area contributed by atoms with Crippen molar-refractivity contribution in [1.29, 1.82) is 0 Å². The van der Waals surface area contributed by atoms with Gasteiger partial charge in [-0.15, -0.1) is 0 Å². The first-order valence-corrected chi connectivity index (χ1v) is 7.02. The third-order valence-corrected chi connectivity index (χ3v) is 4.36. The first-order chi connectivity index (χ1) is 7.00. The molecule has 0 aromatic carbocycles. The van der Waals surface area contributed by atoms with Crippen LogP contribution in [0.5, 0.6) is 0 Å². The monoisotopic (exact) mass is 234 g/mol. The van der Waals surface area contributed by atoms with Crippen LogP contribution in [0.1, 0.15) is 19.8 Å². The molecule has 0 saturated carbocycles. The molecule has 6 heteroatoms. The summed E-state index contributed by atoms with van der Waals surface area (Å²) in [7, 11) is -2.94. The van der Waals surface area contributed by atoms with Crippen molar-refractivity contribution < 1.29 is 13.2 Å². The fourth-order valence-electron chi connectivity index (χ4n) is 1.89. The molecular weight excluding hydrogens is 216 g/mol. The smallest absolute Gasteiger partial charge is 0.236 e. The van der Waals surface area contributed by atoms with E-state index in [0.29, 0.717) is 13.0 Å². The van der Waals surface area contributed by atoms with Crippen LogP contribution in [0.2, 0.25) is 0 Å². The highest BCUT2D eigenvalue weighted by molar-refractivity contribution is 7.91. The van der Waals surface area contributed by atoms with E-state index in [0.717, 1.165) is 6.42 Å². The molecule has 1 atom stereocenters. The van der Waals surface area contributed by atoms with Gasteiger partial charge in [0, 0.05) is 12.6 Å². The van der Waals surface area contributed by atoms with Crippen molar-refractivity contribution in [3.8, 4) is 0 Å². The molecule has 1 aliphatic rings. The fourth-order valence-corrected chi connectivity index (χ4v) is 3.62. The van der Waals surface area contributed by atoms with Gasteiger partial charge in [-0.1, -0.05) is 6.92 Å². The van der Waals surface area contributed by atoms with Crippen molar-refractivity contribution in [2.24, 2.45) is 5.73 Å². The van der Waals surface area contributed by atoms with Gasteiger partial charge in [-0.2, -0.15) is 0 Å². The largest absolute Gasteiger partial charge is 0.338 e. The summed E-state index contributed by atoms with van der Waals surface area (Å²) >= 11 is 0. The summed E-state index contributed by atoms with van der Waals surface area (Å²) in [6.45, 7) is 2.51. The molecule has 0 bridgehead atoms. The van der Waals surface area contributed by atoms with E-state index in [1.165, 1.54) is 0 Å². The molecule has 0 aliphatic carbocycles. The van der Waals surface area contributed by atoms with Gasteiger partial charge in [0.15, 0.2) is 9.84 Å². The summed E-state index contributed by atoms with van der Waals surface area (Å²) in [6.07, 6.45) is 1.37. The maximum Gasteiger partial charge on any atom is 0.236 e. The zero-order valence-corrected chi connectivity index (χ0v) is 9.79. The molecule has 15 heavy (non-hydrogen) atoms. The van der Waals surface area contributed by atoms with Crippen LogP contribution in [0.3, 0.4) is 0 Å². The third-order valence-electron chi connectivity index (χ3n) is 2.61. The Hall–Kier alpha value is -0.620. The lowest BCUT2D eigenvalue weighted by Gasteiger charge is -2.27. The van der Waals surface area contributed by atoms with Gasteiger partial charge >= 0.3 is 0 Å². The third kappa shape index (κ3) is 3.17. The molecular formula is C9H18N2O3S. The Morgan fingerprint density at radius 1 is 1.53 bits per heavy atom. The summed E-state index contributed by atoms with van der Waals surface area (Å²) in [5.41, 5.74) is 5.30. The van der Waals surface area contributed by atoms with Crippen LogP contribution in [0, 0.1) is 0 Å². The molecule has 0 radical (unpaired) electrons. The quantitative estimate of drug-likeness (QED) is 0.702. The van der Waals surface area contributed by atoms with Gasteiger partial charge < -0.3 is 10.6 Å². The topological polar surface area (TPSA) is 80.5 Å². The molecule has 1 saturated heterocycles. The highest BCUT2D eigenvalue weighted by atomic mass is 32.2. The van der Waals surface area contributed by atoms with Crippen LogP contribution in [-0.2, 0) is 14.6 Å². The zero-order chi connectivity index (χ0) is 11.5. The van der Waals surface area contributed by atoms with E-state index in [1.54, 1.807) is 4.90 Å². The van der Waals surface area contributed by atoms with Crippen molar-refractivity contribution in [2.75, 3.05) is 24.6 Å². The molecule has 2 N–H and O–H groups in total. The van der Waals surface area contributed by atoms with E-state index < -0.39 is 9.84 Å². The van der Waals surface area contributed by atoms with E-state index in [2.05, 4.69) is 0 Å². The zero-order valence-electron chi connectivity index (χ0n) is 8.98. The predicted molar refractivity (Wildman–Crippen MR) is 58.1 cm³/mol. The Balaban J connectivity index is 2.69. The molecule has 5 nitrogen and oxygen atoms in total. The van der Waals surface area contributed by atoms with Crippen molar-refractivity contribution >= 4 is 15.7 Å². The molecule has 1 unspecified atom stereocenters. The van der Waals surface area contributed by atoms with Crippen molar-refractivity contribution in [1.82, 2.24) is 4.90 Å². The van der Waals surface area contributed by atoms with E-state index in [-0.39, 0.29) is 30.0 Å². The summed E-state index contributed by atoms with van der Waals surface area (Å²) in [5, 5.41) is 0. The van der Waals surface area contributed by atoms with Gasteiger partial charge in [0.2, 0.25) is 5.91 Å². The highest BCUT2D eigenvalue weighted by Gasteiger charge is 2.33. The second kappa shape index (κ2) is 4.94. The lowest BCUT2D eigenvalue weighted by Crippen LogP contribution is -2.44. The molecule has 0 spiro atoms. The number of rotatable bonds is 4. The van der Waals surface area contributed by atoms with Crippen LogP contribution in [-0.4, -0.2) is 49.9 Å². The SMILES string of the molecule is CCCN(C(=O)CN)C1CCS(=O)(=O)C1. The fraction of sp³-hybridized carbons (Fsp3) is 0.889. The Morgan fingerprint density at radius 3 is 2.60 bits per heavy atom. The van der Waals surface area contributed by atoms with Crippen molar-refractivity contribution in [2.45, 2.75) is 25.8 Å². The van der Waals surface area contributed by atoms with Gasteiger partial charge in [-0.25, -0.2) is 8.42 Å². The Labute approximate surface area is 90.5 Å². The summed E-state index contributed by atoms with van der Waals surface area (Å²) in [6, 6.07) is -0.161. The molecule has 1 amide bonds. The van der Waals surface area contributed by atoms with E-state index in [4.69, 9.17) is 5.73 Å². The molecule has 1 rings (SSSR count). The molecule has 1 fully saturated rings. The Morgan fingerprint density at radius 2 is 2.20 bits per heavy atom. The van der Waals surface area contributed by atoms with Gasteiger partial charge in [0.25, 0.3) is 0 Å². The van der Waals surface area contributed by atoms with Gasteiger partial charge in [0.05, 0.1) is 18.1 Å². The Kier molecular flexibility index (Phi) is 4.10. The van der Waals surface area contributed by atoms with E-state index in [9.17, 15) is 13.2 Å². The van der Waals surface area contributed by atoms with Crippen LogP contribution in [0.4, 0.5) is 0 Å². The number of nitrogens with two attached hydrogens (primary N) is 1. The lowest BCUT2D eigenvalue weighted by atomic mass is 10.2. The van der Waals surface area contributed by atoms with Gasteiger partial charge in [-0.05, 0) is 12.8 Å².